The van der Waals surface area contributed by atoms with Crippen molar-refractivity contribution in [1.82, 2.24) is 19.5 Å². The van der Waals surface area contributed by atoms with Gasteiger partial charge in [-0.25, -0.2) is 19.3 Å². The second kappa shape index (κ2) is 9.18. The van der Waals surface area contributed by atoms with Crippen LogP contribution in [0.25, 0.3) is 11.2 Å². The molecule has 3 heterocycles. The van der Waals surface area contributed by atoms with Crippen molar-refractivity contribution in [2.45, 2.75) is 38.5 Å². The van der Waals surface area contributed by atoms with Gasteiger partial charge in [0.25, 0.3) is 0 Å². The van der Waals surface area contributed by atoms with Crippen molar-refractivity contribution in [2.24, 2.45) is 0 Å². The summed E-state index contributed by atoms with van der Waals surface area (Å²) in [6.07, 6.45) is 2.95. The zero-order valence-corrected chi connectivity index (χ0v) is 18.4. The molecular formula is C19H22ClFN5O4P. The highest BCUT2D eigenvalue weighted by Crippen LogP contribution is 2.56. The van der Waals surface area contributed by atoms with Gasteiger partial charge in [0.15, 0.2) is 11.5 Å². The molecule has 2 aromatic heterocycles. The first-order valence-electron chi connectivity index (χ1n) is 9.78. The van der Waals surface area contributed by atoms with Gasteiger partial charge in [0, 0.05) is 11.4 Å². The lowest BCUT2D eigenvalue weighted by Crippen LogP contribution is -2.22. The molecule has 1 saturated heterocycles. The molecule has 0 unspecified atom stereocenters. The first kappa shape index (κ1) is 22.1. The van der Waals surface area contributed by atoms with Crippen molar-refractivity contribution in [3.05, 3.63) is 47.3 Å². The number of halogens is 2. The Bertz CT molecular complexity index is 1110. The Labute approximate surface area is 183 Å². The monoisotopic (exact) mass is 469 g/mol. The molecule has 0 spiro atoms. The van der Waals surface area contributed by atoms with Crippen LogP contribution in [0.3, 0.4) is 0 Å². The number of aromatic nitrogens is 4. The molecule has 4 rings (SSSR count). The van der Waals surface area contributed by atoms with E-state index in [0.717, 1.165) is 0 Å². The van der Waals surface area contributed by atoms with Gasteiger partial charge in [-0.05, 0) is 30.2 Å². The lowest BCUT2D eigenvalue weighted by Gasteiger charge is -2.31. The standard InChI is InChI=1S/C19H22ClFN5O4P/c1-2-15(8-26-10-25-17-18(22)23-9-24-19(17)26)28-11-31(27)29-4-3-16(30-31)12-5-13(20)7-14(21)6-12/h5-7,9-10,15-16H,2-4,8,11H2,1H3,(H2,22,23,24)/t15-,16+,31-/m1/s1. The Balaban J connectivity index is 1.42. The summed E-state index contributed by atoms with van der Waals surface area (Å²) >= 11 is 5.94. The fourth-order valence-corrected chi connectivity index (χ4v) is 5.20. The van der Waals surface area contributed by atoms with Crippen LogP contribution in [0, 0.1) is 5.82 Å². The molecule has 0 amide bonds. The van der Waals surface area contributed by atoms with Crippen molar-refractivity contribution in [3.63, 3.8) is 0 Å². The number of anilines is 1. The summed E-state index contributed by atoms with van der Waals surface area (Å²) in [5.74, 6) is -0.179. The van der Waals surface area contributed by atoms with E-state index in [0.29, 0.717) is 41.9 Å². The number of nitrogen functional groups attached to an aromatic ring is 1. The van der Waals surface area contributed by atoms with Gasteiger partial charge in [-0.3, -0.25) is 9.09 Å². The second-order valence-corrected chi connectivity index (χ2v) is 9.57. The van der Waals surface area contributed by atoms with Crippen LogP contribution in [0.15, 0.2) is 30.9 Å². The van der Waals surface area contributed by atoms with E-state index in [4.69, 9.17) is 31.1 Å². The number of ether oxygens (including phenoxy) is 1. The van der Waals surface area contributed by atoms with Crippen LogP contribution in [0.2, 0.25) is 5.02 Å². The summed E-state index contributed by atoms with van der Waals surface area (Å²) in [5, 5.41) is 0.249. The van der Waals surface area contributed by atoms with Crippen molar-refractivity contribution in [2.75, 3.05) is 18.7 Å². The zero-order chi connectivity index (χ0) is 22.0. The molecule has 1 fully saturated rings. The number of rotatable bonds is 7. The molecule has 3 aromatic rings. The van der Waals surface area contributed by atoms with E-state index in [2.05, 4.69) is 15.0 Å². The highest BCUT2D eigenvalue weighted by molar-refractivity contribution is 7.53. The average Bonchev–Trinajstić information content (AvgIpc) is 3.14. The van der Waals surface area contributed by atoms with Crippen LogP contribution in [0.5, 0.6) is 0 Å². The molecule has 0 bridgehead atoms. The van der Waals surface area contributed by atoms with Crippen LogP contribution in [0.1, 0.15) is 31.4 Å². The van der Waals surface area contributed by atoms with Gasteiger partial charge in [0.2, 0.25) is 0 Å². The van der Waals surface area contributed by atoms with E-state index in [-0.39, 0.29) is 24.1 Å². The van der Waals surface area contributed by atoms with E-state index in [9.17, 15) is 8.96 Å². The quantitative estimate of drug-likeness (QED) is 0.509. The van der Waals surface area contributed by atoms with Gasteiger partial charge >= 0.3 is 7.60 Å². The van der Waals surface area contributed by atoms with Gasteiger partial charge in [-0.15, -0.1) is 0 Å². The summed E-state index contributed by atoms with van der Waals surface area (Å²) in [6, 6.07) is 4.12. The Kier molecular flexibility index (Phi) is 6.55. The summed E-state index contributed by atoms with van der Waals surface area (Å²) in [6.45, 7) is 2.58. The van der Waals surface area contributed by atoms with Gasteiger partial charge < -0.3 is 19.6 Å². The minimum atomic E-state index is -3.54. The number of benzene rings is 1. The predicted octanol–water partition coefficient (Wildman–Crippen LogP) is 4.33. The van der Waals surface area contributed by atoms with Crippen molar-refractivity contribution >= 4 is 36.2 Å². The topological polar surface area (TPSA) is 114 Å². The number of nitrogens with zero attached hydrogens (tertiary/aromatic N) is 4. The number of imidazole rings is 1. The number of nitrogens with two attached hydrogens (primary N) is 1. The minimum Gasteiger partial charge on any atom is -0.382 e. The summed E-state index contributed by atoms with van der Waals surface area (Å²) < 4.78 is 45.6. The maximum absolute atomic E-state index is 13.7. The van der Waals surface area contributed by atoms with Gasteiger partial charge in [-0.2, -0.15) is 0 Å². The number of hydrogen-bond donors (Lipinski definition) is 1. The minimum absolute atomic E-state index is 0.207. The fraction of sp³-hybridized carbons (Fsp3) is 0.421. The SMILES string of the molecule is CC[C@H](Cn1cnc2c(N)ncnc21)OC[P@@]1(=O)OCC[C@@H](c2cc(F)cc(Cl)c2)O1. The molecule has 9 nitrogen and oxygen atoms in total. The highest BCUT2D eigenvalue weighted by atomic mass is 35.5. The molecule has 12 heteroatoms. The third-order valence-corrected chi connectivity index (χ3v) is 6.80. The van der Waals surface area contributed by atoms with E-state index in [1.165, 1.54) is 18.5 Å². The van der Waals surface area contributed by atoms with Crippen molar-refractivity contribution < 1.29 is 22.7 Å². The summed E-state index contributed by atoms with van der Waals surface area (Å²) in [4.78, 5) is 12.4. The summed E-state index contributed by atoms with van der Waals surface area (Å²) in [7, 11) is -3.54. The second-order valence-electron chi connectivity index (χ2n) is 7.18. The Morgan fingerprint density at radius 3 is 3.00 bits per heavy atom. The molecule has 0 radical (unpaired) electrons. The van der Waals surface area contributed by atoms with Crippen molar-refractivity contribution in [1.29, 1.82) is 0 Å². The normalized spacial score (nSPS) is 22.6. The smallest absolute Gasteiger partial charge is 0.356 e. The zero-order valence-electron chi connectivity index (χ0n) is 16.8. The van der Waals surface area contributed by atoms with E-state index >= 15 is 0 Å². The lowest BCUT2D eigenvalue weighted by atomic mass is 10.1. The van der Waals surface area contributed by atoms with E-state index in [1.54, 1.807) is 17.0 Å². The third-order valence-electron chi connectivity index (χ3n) is 4.97. The van der Waals surface area contributed by atoms with Crippen molar-refractivity contribution in [3.8, 4) is 0 Å². The highest BCUT2D eigenvalue weighted by Gasteiger charge is 2.35. The number of hydrogen-bond acceptors (Lipinski definition) is 8. The van der Waals surface area contributed by atoms with E-state index in [1.807, 2.05) is 6.92 Å². The Morgan fingerprint density at radius 1 is 1.39 bits per heavy atom. The molecule has 1 aromatic carbocycles. The Hall–Kier alpha value is -2.10. The summed E-state index contributed by atoms with van der Waals surface area (Å²) in [5.41, 5.74) is 7.45. The van der Waals surface area contributed by atoms with Crippen LogP contribution in [-0.2, 0) is 24.9 Å². The molecule has 3 atom stereocenters. The molecule has 1 aliphatic rings. The molecule has 1 aliphatic heterocycles. The Morgan fingerprint density at radius 2 is 2.23 bits per heavy atom. The van der Waals surface area contributed by atoms with Crippen LogP contribution >= 0.6 is 19.2 Å². The molecule has 0 aliphatic carbocycles. The van der Waals surface area contributed by atoms with Gasteiger partial charge in [0.05, 0.1) is 31.7 Å². The largest absolute Gasteiger partial charge is 0.382 e. The third kappa shape index (κ3) is 5.05. The average molecular weight is 470 g/mol. The first-order valence-corrected chi connectivity index (χ1v) is 11.9. The number of fused-ring (bicyclic) bond motifs is 1. The van der Waals surface area contributed by atoms with Gasteiger partial charge in [0.1, 0.15) is 24.0 Å². The molecule has 2 N–H and O–H groups in total. The molecule has 0 saturated carbocycles. The van der Waals surface area contributed by atoms with Crippen LogP contribution < -0.4 is 5.73 Å². The molecule has 166 valence electrons. The maximum Gasteiger partial charge on any atom is 0.356 e. The van der Waals surface area contributed by atoms with E-state index < -0.39 is 19.5 Å². The first-order chi connectivity index (χ1) is 14.9. The molecule has 31 heavy (non-hydrogen) atoms. The maximum atomic E-state index is 13.7. The fourth-order valence-electron chi connectivity index (χ4n) is 3.38. The van der Waals surface area contributed by atoms with Crippen LogP contribution in [-0.4, -0.2) is 38.6 Å². The van der Waals surface area contributed by atoms with Gasteiger partial charge in [-0.1, -0.05) is 18.5 Å². The lowest BCUT2D eigenvalue weighted by molar-refractivity contribution is 0.0262. The van der Waals surface area contributed by atoms with Crippen LogP contribution in [0.4, 0.5) is 10.2 Å². The molecular weight excluding hydrogens is 448 g/mol. The predicted molar refractivity (Wildman–Crippen MR) is 113 cm³/mol.